The minimum atomic E-state index is -0.217. The van der Waals surface area contributed by atoms with Crippen molar-refractivity contribution in [2.45, 2.75) is 20.4 Å². The van der Waals surface area contributed by atoms with E-state index in [0.29, 0.717) is 12.2 Å². The van der Waals surface area contributed by atoms with Crippen molar-refractivity contribution >= 4 is 23.0 Å². The molecule has 0 unspecified atom stereocenters. The molecule has 5 heteroatoms. The molecule has 2 aromatic carbocycles. The lowest BCUT2D eigenvalue weighted by Crippen LogP contribution is -2.21. The highest BCUT2D eigenvalue weighted by Crippen LogP contribution is 2.18. The van der Waals surface area contributed by atoms with Gasteiger partial charge in [0.25, 0.3) is 5.91 Å². The van der Waals surface area contributed by atoms with Crippen LogP contribution in [0, 0.1) is 0 Å². The number of anilines is 3. The van der Waals surface area contributed by atoms with Crippen LogP contribution in [-0.2, 0) is 6.54 Å². The van der Waals surface area contributed by atoms with E-state index in [2.05, 4.69) is 46.5 Å². The second kappa shape index (κ2) is 9.55. The van der Waals surface area contributed by atoms with E-state index >= 15 is 0 Å². The van der Waals surface area contributed by atoms with Crippen molar-refractivity contribution in [2.75, 3.05) is 28.6 Å². The first-order valence-corrected chi connectivity index (χ1v) is 9.59. The van der Waals surface area contributed by atoms with Gasteiger partial charge in [0, 0.05) is 31.0 Å². The zero-order chi connectivity index (χ0) is 19.8. The predicted molar refractivity (Wildman–Crippen MR) is 116 cm³/mol. The fourth-order valence-electron chi connectivity index (χ4n) is 2.97. The predicted octanol–water partition coefficient (Wildman–Crippen LogP) is 4.79. The summed E-state index contributed by atoms with van der Waals surface area (Å²) >= 11 is 0. The van der Waals surface area contributed by atoms with Crippen LogP contribution in [0.5, 0.6) is 0 Å². The number of nitrogens with one attached hydrogen (secondary N) is 2. The molecule has 0 atom stereocenters. The van der Waals surface area contributed by atoms with Gasteiger partial charge in [0.15, 0.2) is 0 Å². The molecule has 0 saturated heterocycles. The summed E-state index contributed by atoms with van der Waals surface area (Å²) in [5, 5.41) is 6.20. The Labute approximate surface area is 166 Å². The molecule has 1 aromatic heterocycles. The van der Waals surface area contributed by atoms with Crippen LogP contribution in [0.1, 0.15) is 29.9 Å². The van der Waals surface area contributed by atoms with Gasteiger partial charge in [-0.3, -0.25) is 4.79 Å². The van der Waals surface area contributed by atoms with Crippen molar-refractivity contribution < 1.29 is 4.79 Å². The molecule has 1 amide bonds. The van der Waals surface area contributed by atoms with E-state index in [9.17, 15) is 4.79 Å². The maximum absolute atomic E-state index is 12.4. The van der Waals surface area contributed by atoms with E-state index in [4.69, 9.17) is 0 Å². The number of benzene rings is 2. The van der Waals surface area contributed by atoms with Crippen LogP contribution in [0.15, 0.2) is 72.9 Å². The van der Waals surface area contributed by atoms with Gasteiger partial charge in [-0.1, -0.05) is 30.3 Å². The Morgan fingerprint density at radius 1 is 0.893 bits per heavy atom. The van der Waals surface area contributed by atoms with Crippen molar-refractivity contribution in [1.29, 1.82) is 0 Å². The minimum absolute atomic E-state index is 0.217. The molecule has 0 aliphatic carbocycles. The Hall–Kier alpha value is -3.34. The average Bonchev–Trinajstić information content (AvgIpc) is 2.75. The summed E-state index contributed by atoms with van der Waals surface area (Å²) in [5.74, 6) is -0.217. The Morgan fingerprint density at radius 3 is 2.18 bits per heavy atom. The van der Waals surface area contributed by atoms with Crippen molar-refractivity contribution in [3.05, 3.63) is 84.2 Å². The molecule has 0 aliphatic rings. The van der Waals surface area contributed by atoms with Crippen LogP contribution in [0.4, 0.5) is 17.1 Å². The summed E-state index contributed by atoms with van der Waals surface area (Å²) in [5.41, 5.74) is 4.36. The molecule has 144 valence electrons. The van der Waals surface area contributed by atoms with Gasteiger partial charge in [0.05, 0.1) is 11.9 Å². The number of amides is 1. The van der Waals surface area contributed by atoms with Gasteiger partial charge in [-0.05, 0) is 55.8 Å². The van der Waals surface area contributed by atoms with Gasteiger partial charge in [-0.25, -0.2) is 4.98 Å². The van der Waals surface area contributed by atoms with Crippen molar-refractivity contribution in [2.24, 2.45) is 0 Å². The zero-order valence-electron chi connectivity index (χ0n) is 16.4. The lowest BCUT2D eigenvalue weighted by molar-refractivity contribution is 0.102. The molecule has 5 nitrogen and oxygen atoms in total. The normalized spacial score (nSPS) is 10.4. The third-order valence-electron chi connectivity index (χ3n) is 4.59. The third kappa shape index (κ3) is 5.10. The van der Waals surface area contributed by atoms with Gasteiger partial charge >= 0.3 is 0 Å². The fraction of sp³-hybridized carbons (Fsp3) is 0.217. The van der Waals surface area contributed by atoms with Gasteiger partial charge in [0.1, 0.15) is 5.69 Å². The smallest absolute Gasteiger partial charge is 0.274 e. The molecule has 2 N–H and O–H groups in total. The number of carbonyl (C=O) groups excluding carboxylic acids is 1. The van der Waals surface area contributed by atoms with E-state index < -0.39 is 0 Å². The SMILES string of the molecule is CCN(CC)c1ccc(NC(=O)c2ccc(NCc3ccccc3)cn2)cc1. The van der Waals surface area contributed by atoms with Gasteiger partial charge < -0.3 is 15.5 Å². The van der Waals surface area contributed by atoms with Crippen LogP contribution in [0.25, 0.3) is 0 Å². The molecule has 0 aliphatic heterocycles. The number of carbonyl (C=O) groups is 1. The number of hydrogen-bond acceptors (Lipinski definition) is 4. The molecule has 28 heavy (non-hydrogen) atoms. The molecule has 0 spiro atoms. The van der Waals surface area contributed by atoms with Crippen molar-refractivity contribution in [3.8, 4) is 0 Å². The second-order valence-electron chi connectivity index (χ2n) is 6.44. The van der Waals surface area contributed by atoms with Gasteiger partial charge in [-0.2, -0.15) is 0 Å². The van der Waals surface area contributed by atoms with Crippen molar-refractivity contribution in [1.82, 2.24) is 4.98 Å². The monoisotopic (exact) mass is 374 g/mol. The standard InChI is InChI=1S/C23H26N4O/c1-3-27(4-2)21-13-10-19(11-14-21)26-23(28)22-15-12-20(17-25-22)24-16-18-8-6-5-7-9-18/h5-15,17,24H,3-4,16H2,1-2H3,(H,26,28). The summed E-state index contributed by atoms with van der Waals surface area (Å²) in [6.45, 7) is 6.88. The maximum Gasteiger partial charge on any atom is 0.274 e. The van der Waals surface area contributed by atoms with E-state index in [1.54, 1.807) is 12.3 Å². The van der Waals surface area contributed by atoms with E-state index in [0.717, 1.165) is 30.2 Å². The second-order valence-corrected chi connectivity index (χ2v) is 6.44. The number of aromatic nitrogens is 1. The molecule has 0 bridgehead atoms. The molecule has 0 fully saturated rings. The van der Waals surface area contributed by atoms with E-state index in [1.165, 1.54) is 5.56 Å². The zero-order valence-corrected chi connectivity index (χ0v) is 16.4. The first-order chi connectivity index (χ1) is 13.7. The third-order valence-corrected chi connectivity index (χ3v) is 4.59. The lowest BCUT2D eigenvalue weighted by atomic mass is 10.2. The Kier molecular flexibility index (Phi) is 6.63. The molecule has 0 radical (unpaired) electrons. The number of pyridine rings is 1. The fourth-order valence-corrected chi connectivity index (χ4v) is 2.97. The molecule has 1 heterocycles. The van der Waals surface area contributed by atoms with Crippen molar-refractivity contribution in [3.63, 3.8) is 0 Å². The topological polar surface area (TPSA) is 57.3 Å². The highest BCUT2D eigenvalue weighted by molar-refractivity contribution is 6.03. The summed E-state index contributed by atoms with van der Waals surface area (Å²) in [7, 11) is 0. The molecule has 3 aromatic rings. The summed E-state index contributed by atoms with van der Waals surface area (Å²) < 4.78 is 0. The molecule has 3 rings (SSSR count). The van der Waals surface area contributed by atoms with Crippen LogP contribution in [-0.4, -0.2) is 24.0 Å². The molecular formula is C23H26N4O. The Balaban J connectivity index is 1.57. The highest BCUT2D eigenvalue weighted by Gasteiger charge is 2.08. The lowest BCUT2D eigenvalue weighted by Gasteiger charge is -2.21. The summed E-state index contributed by atoms with van der Waals surface area (Å²) in [4.78, 5) is 19.0. The molecule has 0 saturated carbocycles. The highest BCUT2D eigenvalue weighted by atomic mass is 16.1. The minimum Gasteiger partial charge on any atom is -0.380 e. The van der Waals surface area contributed by atoms with Crippen LogP contribution in [0.3, 0.4) is 0 Å². The van der Waals surface area contributed by atoms with Crippen LogP contribution in [0.2, 0.25) is 0 Å². The average molecular weight is 374 g/mol. The molecular weight excluding hydrogens is 348 g/mol. The first-order valence-electron chi connectivity index (χ1n) is 9.59. The first kappa shape index (κ1) is 19.4. The van der Waals surface area contributed by atoms with Crippen LogP contribution < -0.4 is 15.5 Å². The van der Waals surface area contributed by atoms with Crippen LogP contribution >= 0.6 is 0 Å². The van der Waals surface area contributed by atoms with Gasteiger partial charge in [-0.15, -0.1) is 0 Å². The van der Waals surface area contributed by atoms with Gasteiger partial charge in [0.2, 0.25) is 0 Å². The quantitative estimate of drug-likeness (QED) is 0.595. The maximum atomic E-state index is 12.4. The van der Waals surface area contributed by atoms with E-state index in [-0.39, 0.29) is 5.91 Å². The number of rotatable bonds is 8. The Morgan fingerprint density at radius 2 is 1.57 bits per heavy atom. The van der Waals surface area contributed by atoms with E-state index in [1.807, 2.05) is 48.5 Å². The summed E-state index contributed by atoms with van der Waals surface area (Å²) in [6, 6.07) is 21.6. The number of hydrogen-bond donors (Lipinski definition) is 2. The Bertz CT molecular complexity index is 873. The summed E-state index contributed by atoms with van der Waals surface area (Å²) in [6.07, 6.45) is 1.68. The number of nitrogens with zero attached hydrogens (tertiary/aromatic N) is 2. The largest absolute Gasteiger partial charge is 0.380 e.